The Kier molecular flexibility index (Phi) is 106. The zero-order chi connectivity index (χ0) is 0. The molecule has 0 rings (SSSR count). The summed E-state index contributed by atoms with van der Waals surface area (Å²) in [4.78, 5) is 0. The third-order valence-electron chi connectivity index (χ3n) is 0. The molecular formula is H5AlCeMgTi. The molecule has 0 heterocycles. The number of rotatable bonds is 0. The molecule has 0 aliphatic heterocycles. The van der Waals surface area contributed by atoms with Crippen molar-refractivity contribution < 1.29 is 66.3 Å². The first kappa shape index (κ1) is 26.3. The van der Waals surface area contributed by atoms with Crippen molar-refractivity contribution in [2.75, 3.05) is 0 Å². The van der Waals surface area contributed by atoms with Gasteiger partial charge in [0.1, 0.15) is 0 Å². The molecule has 4 heavy (non-hydrogen) atoms. The summed E-state index contributed by atoms with van der Waals surface area (Å²) in [6, 6.07) is 0. The number of hydrogen-bond donors (Lipinski definition) is 0. The van der Waals surface area contributed by atoms with Crippen molar-refractivity contribution in [3.63, 3.8) is 0 Å². The van der Waals surface area contributed by atoms with E-state index in [4.69, 9.17) is 0 Å². The fourth-order valence-electron chi connectivity index (χ4n) is 0. The Morgan fingerprint density at radius 1 is 1.25 bits per heavy atom. The first-order chi connectivity index (χ1) is 0. The molecule has 0 aromatic rings. The minimum atomic E-state index is 0. The van der Waals surface area contributed by atoms with E-state index >= 15 is 0 Å². The van der Waals surface area contributed by atoms with Crippen LogP contribution in [0.3, 0.4) is 0 Å². The summed E-state index contributed by atoms with van der Waals surface area (Å²) < 4.78 is 0. The van der Waals surface area contributed by atoms with Gasteiger partial charge in [-0.2, -0.15) is 0 Å². The molecule has 18 valence electrons. The summed E-state index contributed by atoms with van der Waals surface area (Å²) in [6.07, 6.45) is 0. The molecule has 0 unspecified atom stereocenters. The average Bonchev–Trinajstić information content (AvgIpc) is 0. The van der Waals surface area contributed by atoms with E-state index in [1.165, 1.54) is 0 Å². The summed E-state index contributed by atoms with van der Waals surface area (Å²) in [5.41, 5.74) is 0. The molecule has 0 radical (unpaired) electrons. The van der Waals surface area contributed by atoms with E-state index in [0.717, 1.165) is 0 Å². The van der Waals surface area contributed by atoms with Gasteiger partial charge in [-0.15, -0.1) is 0 Å². The van der Waals surface area contributed by atoms with Gasteiger partial charge in [0.05, 0.1) is 0 Å². The first-order valence-electron chi connectivity index (χ1n) is 0. The Bertz CT molecular complexity index is 13.5. The molecule has 0 saturated carbocycles. The quantitative estimate of drug-likeness (QED) is 0.463. The molecule has 0 aromatic carbocycles. The summed E-state index contributed by atoms with van der Waals surface area (Å²) in [7, 11) is 0. The van der Waals surface area contributed by atoms with Crippen molar-refractivity contribution >= 4 is 40.4 Å². The van der Waals surface area contributed by atoms with Gasteiger partial charge in [0, 0.05) is 63.5 Å². The largest absolute Gasteiger partial charge is 2.00 e. The Morgan fingerprint density at radius 3 is 1.25 bits per heavy atom. The van der Waals surface area contributed by atoms with Gasteiger partial charge in [0.15, 0.2) is 17.4 Å². The van der Waals surface area contributed by atoms with Crippen molar-refractivity contribution in [1.82, 2.24) is 0 Å². The summed E-state index contributed by atoms with van der Waals surface area (Å²) in [5.74, 6) is 0. The van der Waals surface area contributed by atoms with Crippen LogP contribution in [-0.2, 0) is 21.7 Å². The second kappa shape index (κ2) is 16.2. The van der Waals surface area contributed by atoms with E-state index in [2.05, 4.69) is 0 Å². The standard InChI is InChI=1S/Al.Ce.Mg.Ti.5H/q;;+2;;;;;2*-1. The van der Waals surface area contributed by atoms with Crippen LogP contribution in [0.15, 0.2) is 0 Å². The molecule has 0 aliphatic rings. The summed E-state index contributed by atoms with van der Waals surface area (Å²) in [6.45, 7) is 0. The maximum Gasteiger partial charge on any atom is 2.00 e. The SMILES string of the molecule is [AlH3].[Ce].[H-].[H-].[Mg+2].[Ti]. The first-order valence-corrected chi connectivity index (χ1v) is 0. The maximum atomic E-state index is 0. The van der Waals surface area contributed by atoms with Gasteiger partial charge in [-0.3, -0.25) is 0 Å². The second-order valence-corrected chi connectivity index (χ2v) is 0. The zero-order valence-corrected chi connectivity index (χ0v) is 7.82. The monoisotopic (exact) mass is 244 g/mol. The van der Waals surface area contributed by atoms with Gasteiger partial charge in [-0.1, -0.05) is 0 Å². The van der Waals surface area contributed by atoms with E-state index in [1.807, 2.05) is 0 Å². The molecule has 0 fully saturated rings. The molecule has 0 nitrogen and oxygen atoms in total. The molecule has 4 heteroatoms. The normalized spacial score (nSPS) is 0. The zero-order valence-electron chi connectivity index (χ0n) is 3.71. The van der Waals surface area contributed by atoms with Gasteiger partial charge in [-0.05, 0) is 0 Å². The van der Waals surface area contributed by atoms with Crippen LogP contribution >= 0.6 is 0 Å². The second-order valence-electron chi connectivity index (χ2n) is 0. The van der Waals surface area contributed by atoms with Crippen LogP contribution in [0.25, 0.3) is 0 Å². The van der Waals surface area contributed by atoms with Gasteiger partial charge >= 0.3 is 23.1 Å². The number of hydrogen-bond acceptors (Lipinski definition) is 0. The van der Waals surface area contributed by atoms with E-state index in [9.17, 15) is 0 Å². The van der Waals surface area contributed by atoms with Gasteiger partial charge < -0.3 is 2.85 Å². The van der Waals surface area contributed by atoms with E-state index in [1.54, 1.807) is 0 Å². The average molecular weight is 244 g/mol. The third kappa shape index (κ3) is 9.04. The van der Waals surface area contributed by atoms with Gasteiger partial charge in [0.25, 0.3) is 0 Å². The Morgan fingerprint density at radius 2 is 1.25 bits per heavy atom. The van der Waals surface area contributed by atoms with Crippen molar-refractivity contribution in [3.05, 3.63) is 0 Å². The Balaban J connectivity index is 0. The Labute approximate surface area is 104 Å². The molecule has 0 spiro atoms. The third-order valence-corrected chi connectivity index (χ3v) is 0. The van der Waals surface area contributed by atoms with Crippen molar-refractivity contribution in [2.24, 2.45) is 0 Å². The molecule has 0 N–H and O–H groups in total. The van der Waals surface area contributed by atoms with E-state index < -0.39 is 0 Å². The molecule has 0 aliphatic carbocycles. The van der Waals surface area contributed by atoms with Crippen LogP contribution in [-0.4, -0.2) is 40.4 Å². The van der Waals surface area contributed by atoms with Gasteiger partial charge in [0.2, 0.25) is 0 Å². The van der Waals surface area contributed by atoms with E-state index in [0.29, 0.717) is 0 Å². The molecular weight excluding hydrogens is 239 g/mol. The van der Waals surface area contributed by atoms with Crippen molar-refractivity contribution in [3.8, 4) is 0 Å². The predicted molar refractivity (Wildman–Crippen MR) is 17.9 cm³/mol. The van der Waals surface area contributed by atoms with Crippen LogP contribution in [0.2, 0.25) is 0 Å². The predicted octanol–water partition coefficient (Wildman–Crippen LogP) is -1.34. The van der Waals surface area contributed by atoms with Crippen molar-refractivity contribution in [2.45, 2.75) is 0 Å². The molecule has 0 saturated heterocycles. The van der Waals surface area contributed by atoms with Crippen LogP contribution in [0.4, 0.5) is 0 Å². The van der Waals surface area contributed by atoms with Crippen LogP contribution in [0.5, 0.6) is 0 Å². The summed E-state index contributed by atoms with van der Waals surface area (Å²) in [5, 5.41) is 0. The van der Waals surface area contributed by atoms with Gasteiger partial charge in [-0.25, -0.2) is 0 Å². The Hall–Kier alpha value is 3.39. The van der Waals surface area contributed by atoms with E-state index in [-0.39, 0.29) is 107 Å². The molecule has 0 bridgehead atoms. The minimum Gasteiger partial charge on any atom is -1.00 e. The van der Waals surface area contributed by atoms with Crippen molar-refractivity contribution in [1.29, 1.82) is 0 Å². The van der Waals surface area contributed by atoms with Crippen LogP contribution < -0.4 is 0 Å². The fourth-order valence-corrected chi connectivity index (χ4v) is 0. The van der Waals surface area contributed by atoms with Crippen LogP contribution in [0, 0.1) is 41.7 Å². The smallest absolute Gasteiger partial charge is 1.00 e. The molecule has 0 amide bonds. The summed E-state index contributed by atoms with van der Waals surface area (Å²) >= 11 is 0. The topological polar surface area (TPSA) is 0 Å². The van der Waals surface area contributed by atoms with Crippen LogP contribution in [0.1, 0.15) is 2.85 Å². The molecule has 0 aromatic heterocycles. The molecule has 0 atom stereocenters. The minimum absolute atomic E-state index is 0. The maximum absolute atomic E-state index is 0. The fraction of sp³-hybridized carbons (Fsp3) is 0.